The molecule has 1 rings (SSSR count). The minimum absolute atomic E-state index is 0.0792. The maximum Gasteiger partial charge on any atom is 0.341 e. The number of aliphatic carboxylic acids is 1. The fraction of sp³-hybridized carbons (Fsp3) is 0.273. The molecule has 0 aromatic heterocycles. The molecule has 17 heavy (non-hydrogen) atoms. The fourth-order valence-corrected chi connectivity index (χ4v) is 1.79. The predicted molar refractivity (Wildman–Crippen MR) is 71.4 cm³/mol. The van der Waals surface area contributed by atoms with Gasteiger partial charge in [0, 0.05) is 5.33 Å². The average molecular weight is 365 g/mol. The Morgan fingerprint density at radius 3 is 2.35 bits per heavy atom. The Morgan fingerprint density at radius 2 is 1.88 bits per heavy atom. The summed E-state index contributed by atoms with van der Waals surface area (Å²) in [6, 6.07) is 9.12. The molecule has 92 valence electrons. The molecule has 0 fully saturated rings. The minimum Gasteiger partial charge on any atom is -0.479 e. The topological polar surface area (TPSA) is 66.4 Å². The van der Waals surface area contributed by atoms with Crippen molar-refractivity contribution in [2.24, 2.45) is 0 Å². The molecule has 1 atom stereocenters. The maximum absolute atomic E-state index is 11.7. The third-order valence-corrected chi connectivity index (χ3v) is 4.48. The Bertz CT molecular complexity index is 410. The van der Waals surface area contributed by atoms with Crippen molar-refractivity contribution in [1.82, 2.24) is 5.32 Å². The van der Waals surface area contributed by atoms with Crippen LogP contribution < -0.4 is 5.32 Å². The smallest absolute Gasteiger partial charge is 0.341 e. The molecule has 6 heteroatoms. The third kappa shape index (κ3) is 4.12. The van der Waals surface area contributed by atoms with Crippen LogP contribution >= 0.6 is 31.9 Å². The number of hydrogen-bond donors (Lipinski definition) is 2. The van der Waals surface area contributed by atoms with Gasteiger partial charge in [-0.3, -0.25) is 4.79 Å². The molecule has 0 unspecified atom stereocenters. The molecule has 0 spiro atoms. The second kappa shape index (κ2) is 6.16. The van der Waals surface area contributed by atoms with E-state index < -0.39 is 10.4 Å². The number of carboxylic acids is 1. The summed E-state index contributed by atoms with van der Waals surface area (Å²) in [6.07, 6.45) is 0.147. The lowest BCUT2D eigenvalue weighted by atomic mass is 10.1. The normalized spacial score (nSPS) is 13.8. The van der Waals surface area contributed by atoms with Crippen molar-refractivity contribution < 1.29 is 14.7 Å². The quantitative estimate of drug-likeness (QED) is 0.619. The third-order valence-electron chi connectivity index (χ3n) is 2.07. The number of nitrogens with one attached hydrogen (secondary N) is 1. The van der Waals surface area contributed by atoms with Gasteiger partial charge in [0.05, 0.1) is 6.42 Å². The number of halogens is 2. The molecular formula is C11H11Br2NO3. The number of carbonyl (C=O) groups is 2. The first kappa shape index (κ1) is 14.2. The average Bonchev–Trinajstić information content (AvgIpc) is 2.29. The lowest BCUT2D eigenvalue weighted by molar-refractivity contribution is -0.142. The van der Waals surface area contributed by atoms with Crippen molar-refractivity contribution in [2.75, 3.05) is 5.33 Å². The zero-order valence-electron chi connectivity index (χ0n) is 8.82. The van der Waals surface area contributed by atoms with E-state index >= 15 is 0 Å². The van der Waals surface area contributed by atoms with Crippen molar-refractivity contribution >= 4 is 43.7 Å². The lowest BCUT2D eigenvalue weighted by Crippen LogP contribution is -2.51. The highest BCUT2D eigenvalue weighted by molar-refractivity contribution is 9.12. The van der Waals surface area contributed by atoms with Crippen LogP contribution in [0.4, 0.5) is 0 Å². The lowest BCUT2D eigenvalue weighted by Gasteiger charge is -2.21. The Hall–Kier alpha value is -0.880. The summed E-state index contributed by atoms with van der Waals surface area (Å²) in [4.78, 5) is 22.6. The van der Waals surface area contributed by atoms with Crippen molar-refractivity contribution in [3.8, 4) is 0 Å². The Labute approximate surface area is 116 Å². The van der Waals surface area contributed by atoms with Gasteiger partial charge < -0.3 is 10.4 Å². The van der Waals surface area contributed by atoms with Gasteiger partial charge in [-0.1, -0.05) is 46.3 Å². The van der Waals surface area contributed by atoms with Crippen LogP contribution in [0, 0.1) is 0 Å². The summed E-state index contributed by atoms with van der Waals surface area (Å²) in [5.41, 5.74) is 0.833. The van der Waals surface area contributed by atoms with Crippen LogP contribution in [0.5, 0.6) is 0 Å². The molecule has 4 nitrogen and oxygen atoms in total. The fourth-order valence-electron chi connectivity index (χ4n) is 1.19. The van der Waals surface area contributed by atoms with Gasteiger partial charge in [0.25, 0.3) is 0 Å². The number of rotatable bonds is 5. The Kier molecular flexibility index (Phi) is 5.14. The highest BCUT2D eigenvalue weighted by Crippen LogP contribution is 2.18. The van der Waals surface area contributed by atoms with E-state index in [9.17, 15) is 9.59 Å². The number of benzene rings is 1. The zero-order chi connectivity index (χ0) is 12.9. The van der Waals surface area contributed by atoms with E-state index in [0.29, 0.717) is 0 Å². The summed E-state index contributed by atoms with van der Waals surface area (Å²) in [5.74, 6) is -1.49. The van der Waals surface area contributed by atoms with Crippen LogP contribution in [0.2, 0.25) is 0 Å². The SMILES string of the molecule is O=C(Cc1ccccc1)N[C@@](Br)(CBr)C(=O)O. The van der Waals surface area contributed by atoms with E-state index in [2.05, 4.69) is 37.2 Å². The number of carboxylic acid groups (broad SMARTS) is 1. The highest BCUT2D eigenvalue weighted by Gasteiger charge is 2.35. The van der Waals surface area contributed by atoms with Gasteiger partial charge in [0.15, 0.2) is 0 Å². The molecule has 0 saturated carbocycles. The van der Waals surface area contributed by atoms with Gasteiger partial charge in [-0.15, -0.1) is 0 Å². The molecule has 0 heterocycles. The number of amides is 1. The number of hydrogen-bond acceptors (Lipinski definition) is 2. The molecule has 1 aromatic carbocycles. The van der Waals surface area contributed by atoms with Gasteiger partial charge in [0.2, 0.25) is 10.4 Å². The summed E-state index contributed by atoms with van der Waals surface area (Å²) >= 11 is 6.03. The van der Waals surface area contributed by atoms with E-state index in [1.54, 1.807) is 0 Å². The standard InChI is InChI=1S/C11H11Br2NO3/c12-7-11(13,10(16)17)14-9(15)6-8-4-2-1-3-5-8/h1-5H,6-7H2,(H,14,15)(H,16,17)/t11-/m0/s1. The van der Waals surface area contributed by atoms with Gasteiger partial charge in [-0.05, 0) is 21.5 Å². The van der Waals surface area contributed by atoms with Crippen LogP contribution in [0.15, 0.2) is 30.3 Å². The summed E-state index contributed by atoms with van der Waals surface area (Å²) in [7, 11) is 0. The maximum atomic E-state index is 11.7. The molecule has 1 aromatic rings. The van der Waals surface area contributed by atoms with E-state index in [4.69, 9.17) is 5.11 Å². The van der Waals surface area contributed by atoms with Gasteiger partial charge in [-0.25, -0.2) is 4.79 Å². The van der Waals surface area contributed by atoms with Crippen molar-refractivity contribution in [1.29, 1.82) is 0 Å². The summed E-state index contributed by atoms with van der Waals surface area (Å²) in [6.45, 7) is 0. The minimum atomic E-state index is -1.46. The summed E-state index contributed by atoms with van der Waals surface area (Å²) < 4.78 is -1.46. The van der Waals surface area contributed by atoms with Crippen LogP contribution in [-0.4, -0.2) is 26.8 Å². The molecular weight excluding hydrogens is 354 g/mol. The Morgan fingerprint density at radius 1 is 1.29 bits per heavy atom. The van der Waals surface area contributed by atoms with Crippen LogP contribution in [-0.2, 0) is 16.0 Å². The first-order valence-electron chi connectivity index (χ1n) is 4.81. The van der Waals surface area contributed by atoms with Crippen molar-refractivity contribution in [2.45, 2.75) is 10.9 Å². The second-order valence-corrected chi connectivity index (χ2v) is 5.36. The highest BCUT2D eigenvalue weighted by atomic mass is 79.9. The molecule has 0 aliphatic heterocycles. The largest absolute Gasteiger partial charge is 0.479 e. The van der Waals surface area contributed by atoms with Gasteiger partial charge in [0.1, 0.15) is 0 Å². The monoisotopic (exact) mass is 363 g/mol. The first-order valence-corrected chi connectivity index (χ1v) is 6.72. The first-order chi connectivity index (χ1) is 7.98. The molecule has 0 aliphatic rings. The molecule has 0 bridgehead atoms. The van der Waals surface area contributed by atoms with E-state index in [1.165, 1.54) is 0 Å². The molecule has 0 radical (unpaired) electrons. The second-order valence-electron chi connectivity index (χ2n) is 3.45. The molecule has 1 amide bonds. The van der Waals surface area contributed by atoms with Crippen LogP contribution in [0.3, 0.4) is 0 Å². The molecule has 2 N–H and O–H groups in total. The van der Waals surface area contributed by atoms with E-state index in [-0.39, 0.29) is 17.7 Å². The summed E-state index contributed by atoms with van der Waals surface area (Å²) in [5, 5.41) is 11.5. The van der Waals surface area contributed by atoms with Crippen molar-refractivity contribution in [3.63, 3.8) is 0 Å². The Balaban J connectivity index is 2.64. The van der Waals surface area contributed by atoms with Crippen LogP contribution in [0.25, 0.3) is 0 Å². The van der Waals surface area contributed by atoms with Gasteiger partial charge >= 0.3 is 5.97 Å². The molecule has 0 saturated heterocycles. The van der Waals surface area contributed by atoms with E-state index in [1.807, 2.05) is 30.3 Å². The van der Waals surface area contributed by atoms with Crippen LogP contribution in [0.1, 0.15) is 5.56 Å². The van der Waals surface area contributed by atoms with Crippen molar-refractivity contribution in [3.05, 3.63) is 35.9 Å². The zero-order valence-corrected chi connectivity index (χ0v) is 12.0. The number of alkyl halides is 2. The molecule has 0 aliphatic carbocycles. The van der Waals surface area contributed by atoms with Gasteiger partial charge in [-0.2, -0.15) is 0 Å². The van der Waals surface area contributed by atoms with E-state index in [0.717, 1.165) is 5.56 Å². The number of carbonyl (C=O) groups excluding carboxylic acids is 1. The predicted octanol–water partition coefficient (Wildman–Crippen LogP) is 1.92.